The molecule has 1 saturated heterocycles. The number of amides is 2. The summed E-state index contributed by atoms with van der Waals surface area (Å²) in [5.74, 6) is 0.206. The van der Waals surface area contributed by atoms with Gasteiger partial charge in [-0.2, -0.15) is 4.98 Å². The third kappa shape index (κ3) is 5.29. The van der Waals surface area contributed by atoms with Crippen molar-refractivity contribution in [1.29, 1.82) is 0 Å². The first-order chi connectivity index (χ1) is 17.3. The topological polar surface area (TPSA) is 122 Å². The monoisotopic (exact) mass is 491 g/mol. The van der Waals surface area contributed by atoms with Crippen LogP contribution in [0.1, 0.15) is 31.1 Å². The number of aryl methyl sites for hydroxylation is 1. The minimum absolute atomic E-state index is 0.0335. The largest absolute Gasteiger partial charge is 0.447 e. The van der Waals surface area contributed by atoms with E-state index in [-0.39, 0.29) is 30.3 Å². The maximum Gasteiger partial charge on any atom is 0.416 e. The summed E-state index contributed by atoms with van der Waals surface area (Å²) in [6.07, 6.45) is 5.77. The number of carbonyl (C=O) groups excluding carboxylic acids is 2. The molecule has 36 heavy (non-hydrogen) atoms. The Hall–Kier alpha value is -4.41. The second-order valence-corrected chi connectivity index (χ2v) is 8.38. The number of carbonyl (C=O) groups is 2. The Labute approximate surface area is 207 Å². The van der Waals surface area contributed by atoms with Gasteiger partial charge in [-0.05, 0) is 50.6 Å². The normalized spacial score (nSPS) is 16.7. The molecule has 1 aliphatic heterocycles. The predicted octanol–water partition coefficient (Wildman–Crippen LogP) is 4.22. The number of nitrogens with one attached hydrogen (secondary N) is 2. The maximum atomic E-state index is 14.0. The van der Waals surface area contributed by atoms with E-state index in [2.05, 4.69) is 37.1 Å². The minimum Gasteiger partial charge on any atom is -0.447 e. The van der Waals surface area contributed by atoms with Gasteiger partial charge in [-0.25, -0.2) is 14.2 Å². The van der Waals surface area contributed by atoms with Crippen molar-refractivity contribution < 1.29 is 18.7 Å². The molecule has 10 nitrogen and oxygen atoms in total. The van der Waals surface area contributed by atoms with Crippen molar-refractivity contribution in [1.82, 2.24) is 19.9 Å². The third-order valence-electron chi connectivity index (χ3n) is 5.75. The molecular weight excluding hydrogens is 465 g/mol. The quantitative estimate of drug-likeness (QED) is 0.449. The Morgan fingerprint density at radius 1 is 1.28 bits per heavy atom. The van der Waals surface area contributed by atoms with E-state index in [1.165, 1.54) is 30.2 Å². The molecule has 0 saturated carbocycles. The van der Waals surface area contributed by atoms with Crippen molar-refractivity contribution >= 4 is 29.5 Å². The van der Waals surface area contributed by atoms with E-state index in [0.717, 1.165) is 22.4 Å². The van der Waals surface area contributed by atoms with Gasteiger partial charge < -0.3 is 15.4 Å². The van der Waals surface area contributed by atoms with E-state index < -0.39 is 18.3 Å². The number of ether oxygens (including phenoxy) is 1. The highest BCUT2D eigenvalue weighted by atomic mass is 19.1. The number of halogens is 1. The van der Waals surface area contributed by atoms with Crippen molar-refractivity contribution in [2.75, 3.05) is 22.1 Å². The van der Waals surface area contributed by atoms with Crippen LogP contribution in [-0.4, -0.2) is 50.8 Å². The third-order valence-corrected chi connectivity index (χ3v) is 5.75. The second kappa shape index (κ2) is 10.5. The first-order valence-electron chi connectivity index (χ1n) is 11.3. The summed E-state index contributed by atoms with van der Waals surface area (Å²) in [6.45, 7) is 8.65. The summed E-state index contributed by atoms with van der Waals surface area (Å²) in [5.41, 5.74) is 3.92. The molecule has 0 bridgehead atoms. The molecule has 1 fully saturated rings. The fourth-order valence-electron chi connectivity index (χ4n) is 3.82. The van der Waals surface area contributed by atoms with Crippen LogP contribution in [0.5, 0.6) is 0 Å². The van der Waals surface area contributed by atoms with Gasteiger partial charge >= 0.3 is 6.09 Å². The van der Waals surface area contributed by atoms with Gasteiger partial charge in [0.25, 0.3) is 0 Å². The van der Waals surface area contributed by atoms with Gasteiger partial charge in [0.1, 0.15) is 24.6 Å². The molecule has 0 aromatic carbocycles. The molecule has 4 heterocycles. The number of hydrogen-bond donors (Lipinski definition) is 2. The second-order valence-electron chi connectivity index (χ2n) is 8.38. The van der Waals surface area contributed by atoms with E-state index in [1.54, 1.807) is 18.6 Å². The molecule has 186 valence electrons. The molecule has 2 amide bonds. The van der Waals surface area contributed by atoms with E-state index in [1.807, 2.05) is 26.0 Å². The lowest BCUT2D eigenvalue weighted by Gasteiger charge is -2.22. The molecular formula is C25H26FN7O3. The van der Waals surface area contributed by atoms with Gasteiger partial charge in [0, 0.05) is 29.7 Å². The van der Waals surface area contributed by atoms with E-state index in [9.17, 15) is 14.0 Å². The van der Waals surface area contributed by atoms with E-state index in [4.69, 9.17) is 4.74 Å². The first-order valence-corrected chi connectivity index (χ1v) is 11.3. The first kappa shape index (κ1) is 24.7. The van der Waals surface area contributed by atoms with Crippen molar-refractivity contribution in [2.24, 2.45) is 0 Å². The zero-order chi connectivity index (χ0) is 25.8. The van der Waals surface area contributed by atoms with Crippen molar-refractivity contribution in [3.8, 4) is 11.1 Å². The van der Waals surface area contributed by atoms with Crippen LogP contribution in [0.4, 0.5) is 26.6 Å². The van der Waals surface area contributed by atoms with Gasteiger partial charge in [0.15, 0.2) is 0 Å². The molecule has 11 heteroatoms. The molecule has 2 N–H and O–H groups in total. The van der Waals surface area contributed by atoms with Gasteiger partial charge in [-0.15, -0.1) is 0 Å². The van der Waals surface area contributed by atoms with Crippen LogP contribution in [0.25, 0.3) is 11.1 Å². The number of cyclic esters (lactones) is 1. The fraction of sp³-hybridized carbons (Fsp3) is 0.280. The standard InChI is InChI=1S/C25H26FN7O3/c1-5-23(34)31-18-9-17(10-27-11-18)19-12-29-20(8-14(19)2)16(4)30-24-28-7-6-22(32-24)33-21(15(3)26)13-36-25(33)35/h5-12,15-16,21H,1,13H2,2-4H3,(H,31,34)(H,28,30,32)/t15-,16-,21+/m0/s1. The molecule has 1 aliphatic rings. The number of rotatable bonds is 8. The highest BCUT2D eigenvalue weighted by Crippen LogP contribution is 2.28. The lowest BCUT2D eigenvalue weighted by atomic mass is 10.0. The molecule has 0 radical (unpaired) electrons. The molecule has 3 aromatic heterocycles. The average Bonchev–Trinajstić information content (AvgIpc) is 3.26. The number of nitrogens with zero attached hydrogens (tertiary/aromatic N) is 5. The molecule has 3 aromatic rings. The maximum absolute atomic E-state index is 14.0. The Morgan fingerprint density at radius 2 is 2.08 bits per heavy atom. The highest BCUT2D eigenvalue weighted by molar-refractivity contribution is 5.99. The van der Waals surface area contributed by atoms with E-state index >= 15 is 0 Å². The summed E-state index contributed by atoms with van der Waals surface area (Å²) in [5, 5.41) is 5.88. The van der Waals surface area contributed by atoms with Crippen LogP contribution in [0, 0.1) is 6.92 Å². The Balaban J connectivity index is 1.51. The zero-order valence-corrected chi connectivity index (χ0v) is 20.1. The average molecular weight is 492 g/mol. The van der Waals surface area contributed by atoms with Crippen LogP contribution < -0.4 is 15.5 Å². The van der Waals surface area contributed by atoms with Crippen LogP contribution in [-0.2, 0) is 9.53 Å². The Bertz CT molecular complexity index is 1300. The fourth-order valence-corrected chi connectivity index (χ4v) is 3.82. The molecule has 0 unspecified atom stereocenters. The van der Waals surface area contributed by atoms with Crippen LogP contribution in [0.2, 0.25) is 0 Å². The summed E-state index contributed by atoms with van der Waals surface area (Å²) in [7, 11) is 0. The number of alkyl halides is 1. The molecule has 0 aliphatic carbocycles. The number of hydrogen-bond acceptors (Lipinski definition) is 8. The molecule has 4 rings (SSSR count). The minimum atomic E-state index is -1.28. The van der Waals surface area contributed by atoms with E-state index in [0.29, 0.717) is 5.69 Å². The number of pyridine rings is 2. The number of aromatic nitrogens is 4. The lowest BCUT2D eigenvalue weighted by Crippen LogP contribution is -2.39. The molecule has 0 spiro atoms. The Kier molecular flexibility index (Phi) is 7.18. The van der Waals surface area contributed by atoms with Gasteiger partial charge in [0.2, 0.25) is 11.9 Å². The predicted molar refractivity (Wildman–Crippen MR) is 133 cm³/mol. The lowest BCUT2D eigenvalue weighted by molar-refractivity contribution is -0.111. The van der Waals surface area contributed by atoms with Gasteiger partial charge in [-0.3, -0.25) is 19.7 Å². The number of anilines is 3. The van der Waals surface area contributed by atoms with Crippen molar-refractivity contribution in [3.05, 3.63) is 66.9 Å². The summed E-state index contributed by atoms with van der Waals surface area (Å²) in [6, 6.07) is 4.27. The summed E-state index contributed by atoms with van der Waals surface area (Å²) < 4.78 is 19.0. The summed E-state index contributed by atoms with van der Waals surface area (Å²) >= 11 is 0. The smallest absolute Gasteiger partial charge is 0.416 e. The van der Waals surface area contributed by atoms with Crippen LogP contribution >= 0.6 is 0 Å². The van der Waals surface area contributed by atoms with Crippen molar-refractivity contribution in [2.45, 2.75) is 39.0 Å². The van der Waals surface area contributed by atoms with Crippen LogP contribution in [0.3, 0.4) is 0 Å². The summed E-state index contributed by atoms with van der Waals surface area (Å²) in [4.78, 5) is 42.3. The zero-order valence-electron chi connectivity index (χ0n) is 20.1. The van der Waals surface area contributed by atoms with Gasteiger partial charge in [-0.1, -0.05) is 6.58 Å². The SMILES string of the molecule is C=CC(=O)Nc1cncc(-c2cnc([C@H](C)Nc3nccc(N4C(=O)OC[C@@H]4[C@H](C)F)n3)cc2C)c1. The molecule has 3 atom stereocenters. The van der Waals surface area contributed by atoms with Crippen LogP contribution in [0.15, 0.2) is 55.6 Å². The van der Waals surface area contributed by atoms with Gasteiger partial charge in [0.05, 0.1) is 23.6 Å². The van der Waals surface area contributed by atoms with Crippen molar-refractivity contribution in [3.63, 3.8) is 0 Å². The Morgan fingerprint density at radius 3 is 2.81 bits per heavy atom. The highest BCUT2D eigenvalue weighted by Gasteiger charge is 2.39.